The van der Waals surface area contributed by atoms with Crippen LogP contribution in [0.3, 0.4) is 0 Å². The van der Waals surface area contributed by atoms with E-state index in [1.54, 1.807) is 6.92 Å². The second-order valence-electron chi connectivity index (χ2n) is 5.00. The first kappa shape index (κ1) is 14.1. The third-order valence-corrected chi connectivity index (χ3v) is 3.77. The zero-order valence-corrected chi connectivity index (χ0v) is 11.6. The lowest BCUT2D eigenvalue weighted by atomic mass is 10.1. The Balaban J connectivity index is 1.98. The van der Waals surface area contributed by atoms with E-state index in [0.717, 1.165) is 0 Å². The summed E-state index contributed by atoms with van der Waals surface area (Å²) in [5.41, 5.74) is 6.58. The second-order valence-corrected chi connectivity index (χ2v) is 5.00. The van der Waals surface area contributed by atoms with E-state index in [9.17, 15) is 10.2 Å². The summed E-state index contributed by atoms with van der Waals surface area (Å²) in [6, 6.07) is 0. The fraction of sp³-hybridized carbons (Fsp3) is 0.583. The van der Waals surface area contributed by atoms with Crippen LogP contribution in [-0.4, -0.2) is 61.3 Å². The van der Waals surface area contributed by atoms with Crippen LogP contribution in [0.25, 0.3) is 11.2 Å². The molecule has 1 aliphatic rings. The second kappa shape index (κ2) is 5.19. The van der Waals surface area contributed by atoms with E-state index in [1.807, 2.05) is 0 Å². The summed E-state index contributed by atoms with van der Waals surface area (Å²) >= 11 is 0. The summed E-state index contributed by atoms with van der Waals surface area (Å²) in [4.78, 5) is 12.1. The van der Waals surface area contributed by atoms with Crippen molar-refractivity contribution < 1.29 is 19.7 Å². The van der Waals surface area contributed by atoms with E-state index in [4.69, 9.17) is 15.2 Å². The van der Waals surface area contributed by atoms with Gasteiger partial charge in [-0.25, -0.2) is 15.0 Å². The summed E-state index contributed by atoms with van der Waals surface area (Å²) in [6.45, 7) is 1.76. The minimum atomic E-state index is -1.12. The van der Waals surface area contributed by atoms with Crippen LogP contribution in [-0.2, 0) is 9.47 Å². The number of hydrogen-bond donors (Lipinski definition) is 3. The highest BCUT2D eigenvalue weighted by Gasteiger charge is 2.46. The maximum atomic E-state index is 10.2. The molecule has 0 aliphatic carbocycles. The number of aromatic nitrogens is 4. The molecule has 2 aromatic heterocycles. The monoisotopic (exact) mass is 295 g/mol. The number of nitrogens with zero attached hydrogens (tertiary/aromatic N) is 4. The predicted molar refractivity (Wildman–Crippen MR) is 72.1 cm³/mol. The van der Waals surface area contributed by atoms with Crippen LogP contribution in [0.5, 0.6) is 0 Å². The van der Waals surface area contributed by atoms with Crippen LogP contribution >= 0.6 is 0 Å². The summed E-state index contributed by atoms with van der Waals surface area (Å²) in [5, 5.41) is 20.3. The van der Waals surface area contributed by atoms with E-state index in [1.165, 1.54) is 24.3 Å². The van der Waals surface area contributed by atoms with Gasteiger partial charge in [0.05, 0.1) is 12.4 Å². The number of aliphatic hydroxyl groups excluding tert-OH is 2. The van der Waals surface area contributed by atoms with Crippen molar-refractivity contribution in [1.29, 1.82) is 0 Å². The molecule has 0 radical (unpaired) electrons. The van der Waals surface area contributed by atoms with Crippen molar-refractivity contribution in [2.45, 2.75) is 37.6 Å². The van der Waals surface area contributed by atoms with Crippen LogP contribution in [0, 0.1) is 0 Å². The average molecular weight is 295 g/mol. The van der Waals surface area contributed by atoms with Gasteiger partial charge in [-0.15, -0.1) is 0 Å². The summed E-state index contributed by atoms with van der Waals surface area (Å²) in [7, 11) is 1.51. The molecule has 1 aliphatic heterocycles. The zero-order chi connectivity index (χ0) is 15.1. The first-order valence-electron chi connectivity index (χ1n) is 6.52. The highest BCUT2D eigenvalue weighted by molar-refractivity contribution is 5.81. The first-order valence-corrected chi connectivity index (χ1v) is 6.52. The number of fused-ring (bicyclic) bond motifs is 1. The van der Waals surface area contributed by atoms with Crippen molar-refractivity contribution >= 4 is 17.0 Å². The van der Waals surface area contributed by atoms with Crippen LogP contribution in [0.1, 0.15) is 13.2 Å². The van der Waals surface area contributed by atoms with E-state index >= 15 is 0 Å². The van der Waals surface area contributed by atoms with Crippen LogP contribution in [0.15, 0.2) is 12.7 Å². The van der Waals surface area contributed by atoms with Gasteiger partial charge in [-0.05, 0) is 6.92 Å². The molecule has 9 nitrogen and oxygen atoms in total. The third kappa shape index (κ3) is 2.14. The Morgan fingerprint density at radius 3 is 2.81 bits per heavy atom. The molecule has 0 spiro atoms. The van der Waals surface area contributed by atoms with Gasteiger partial charge in [-0.2, -0.15) is 0 Å². The number of nitrogens with two attached hydrogens (primary N) is 1. The Labute approximate surface area is 120 Å². The normalized spacial score (nSPS) is 30.9. The molecule has 0 amide bonds. The molecule has 0 aromatic carbocycles. The van der Waals surface area contributed by atoms with Crippen molar-refractivity contribution in [3.63, 3.8) is 0 Å². The molecule has 9 heteroatoms. The van der Waals surface area contributed by atoms with E-state index < -0.39 is 24.5 Å². The fourth-order valence-electron chi connectivity index (χ4n) is 2.49. The van der Waals surface area contributed by atoms with Crippen LogP contribution < -0.4 is 5.73 Å². The van der Waals surface area contributed by atoms with Crippen molar-refractivity contribution in [3.05, 3.63) is 12.7 Å². The Morgan fingerprint density at radius 2 is 2.10 bits per heavy atom. The molecule has 1 fully saturated rings. The molecule has 1 unspecified atom stereocenters. The van der Waals surface area contributed by atoms with E-state index in [2.05, 4.69) is 15.0 Å². The Bertz CT molecular complexity index is 648. The van der Waals surface area contributed by atoms with Crippen molar-refractivity contribution in [2.24, 2.45) is 0 Å². The summed E-state index contributed by atoms with van der Waals surface area (Å²) in [6.07, 6.45) is -1.26. The lowest BCUT2D eigenvalue weighted by Gasteiger charge is -2.20. The van der Waals surface area contributed by atoms with E-state index in [-0.39, 0.29) is 11.9 Å². The van der Waals surface area contributed by atoms with Crippen LogP contribution in [0.2, 0.25) is 0 Å². The molecule has 21 heavy (non-hydrogen) atoms. The average Bonchev–Trinajstić information content (AvgIpc) is 3.02. The van der Waals surface area contributed by atoms with Gasteiger partial charge in [0.1, 0.15) is 30.2 Å². The van der Waals surface area contributed by atoms with Gasteiger partial charge in [0, 0.05) is 7.11 Å². The SMILES string of the molecule is COC(C)[C@H]1O[C@@H](n2cnc3c(N)ncnc32)[C@H](O)[C@@H]1O. The highest BCUT2D eigenvalue weighted by Crippen LogP contribution is 2.33. The summed E-state index contributed by atoms with van der Waals surface area (Å²) < 4.78 is 12.4. The van der Waals surface area contributed by atoms with Gasteiger partial charge in [-0.1, -0.05) is 0 Å². The van der Waals surface area contributed by atoms with Crippen molar-refractivity contribution in [1.82, 2.24) is 19.5 Å². The third-order valence-electron chi connectivity index (χ3n) is 3.77. The molecule has 5 atom stereocenters. The molecule has 114 valence electrons. The lowest BCUT2D eigenvalue weighted by molar-refractivity contribution is -0.0893. The summed E-state index contributed by atoms with van der Waals surface area (Å²) in [5.74, 6) is 0.244. The number of anilines is 1. The molecular formula is C12H17N5O4. The fourth-order valence-corrected chi connectivity index (χ4v) is 2.49. The minimum absolute atomic E-state index is 0.244. The number of nitrogen functional groups attached to an aromatic ring is 1. The predicted octanol–water partition coefficient (Wildman–Crippen LogP) is -0.937. The number of rotatable bonds is 3. The number of ether oxygens (including phenoxy) is 2. The smallest absolute Gasteiger partial charge is 0.167 e. The van der Waals surface area contributed by atoms with Gasteiger partial charge in [-0.3, -0.25) is 4.57 Å². The van der Waals surface area contributed by atoms with E-state index in [0.29, 0.717) is 11.2 Å². The first-order chi connectivity index (χ1) is 10.0. The molecule has 1 saturated heterocycles. The maximum Gasteiger partial charge on any atom is 0.167 e. The Hall–Kier alpha value is -1.81. The topological polar surface area (TPSA) is 129 Å². The number of hydrogen-bond acceptors (Lipinski definition) is 8. The molecule has 3 rings (SSSR count). The van der Waals surface area contributed by atoms with Gasteiger partial charge >= 0.3 is 0 Å². The zero-order valence-electron chi connectivity index (χ0n) is 11.6. The minimum Gasteiger partial charge on any atom is -0.387 e. The molecule has 4 N–H and O–H groups in total. The van der Waals surface area contributed by atoms with Crippen molar-refractivity contribution in [2.75, 3.05) is 12.8 Å². The molecule has 2 aromatic rings. The number of imidazole rings is 1. The number of methoxy groups -OCH3 is 1. The standard InChI is InChI=1S/C12H17N5O4/c1-5(20-2)9-7(18)8(19)12(21-9)17-4-16-6-10(13)14-3-15-11(6)17/h3-5,7-9,12,18-19H,1-2H3,(H2,13,14,15)/t5?,7-,8+,9+,12+/m0/s1. The quantitative estimate of drug-likeness (QED) is 0.662. The molecule has 0 bridgehead atoms. The lowest BCUT2D eigenvalue weighted by Crippen LogP contribution is -2.38. The highest BCUT2D eigenvalue weighted by atomic mass is 16.6. The molecule has 3 heterocycles. The van der Waals surface area contributed by atoms with Gasteiger partial charge in [0.25, 0.3) is 0 Å². The molecular weight excluding hydrogens is 278 g/mol. The van der Waals surface area contributed by atoms with Gasteiger partial charge in [0.15, 0.2) is 17.7 Å². The van der Waals surface area contributed by atoms with Gasteiger partial charge in [0.2, 0.25) is 0 Å². The Kier molecular flexibility index (Phi) is 3.49. The van der Waals surface area contributed by atoms with Gasteiger partial charge < -0.3 is 25.4 Å². The maximum absolute atomic E-state index is 10.2. The van der Waals surface area contributed by atoms with Crippen LogP contribution in [0.4, 0.5) is 5.82 Å². The molecule has 0 saturated carbocycles. The largest absolute Gasteiger partial charge is 0.387 e. The van der Waals surface area contributed by atoms with Crippen molar-refractivity contribution in [3.8, 4) is 0 Å². The number of aliphatic hydroxyl groups is 2. The Morgan fingerprint density at radius 1 is 1.33 bits per heavy atom.